The Morgan fingerprint density at radius 2 is 2.00 bits per heavy atom. The van der Waals surface area contributed by atoms with Crippen LogP contribution in [0.25, 0.3) is 0 Å². The van der Waals surface area contributed by atoms with Gasteiger partial charge < -0.3 is 10.5 Å². The number of sulfonamides is 1. The lowest BCUT2D eigenvalue weighted by Gasteiger charge is -2.12. The molecule has 1 atom stereocenters. The van der Waals surface area contributed by atoms with Gasteiger partial charge in [-0.2, -0.15) is 0 Å². The predicted octanol–water partition coefficient (Wildman–Crippen LogP) is -0.0744. The fourth-order valence-electron chi connectivity index (χ4n) is 1.19. The van der Waals surface area contributed by atoms with Crippen molar-refractivity contribution in [1.29, 1.82) is 0 Å². The Morgan fingerprint density at radius 1 is 1.40 bits per heavy atom. The van der Waals surface area contributed by atoms with Crippen molar-refractivity contribution < 1.29 is 13.2 Å². The SMILES string of the molecule is COCC(N)CCNS(=O)(=O)CC(C)C. The Morgan fingerprint density at radius 3 is 2.47 bits per heavy atom. The highest BCUT2D eigenvalue weighted by Crippen LogP contribution is 1.97. The van der Waals surface area contributed by atoms with Gasteiger partial charge in [-0.25, -0.2) is 13.1 Å². The van der Waals surface area contributed by atoms with Gasteiger partial charge in [-0.15, -0.1) is 0 Å². The van der Waals surface area contributed by atoms with Gasteiger partial charge >= 0.3 is 0 Å². The summed E-state index contributed by atoms with van der Waals surface area (Å²) in [5, 5.41) is 0. The highest BCUT2D eigenvalue weighted by Gasteiger charge is 2.12. The van der Waals surface area contributed by atoms with Gasteiger partial charge in [0, 0.05) is 19.7 Å². The minimum Gasteiger partial charge on any atom is -0.383 e. The first kappa shape index (κ1) is 14.8. The third-order valence-electron chi connectivity index (χ3n) is 1.77. The van der Waals surface area contributed by atoms with Crippen LogP contribution in [0, 0.1) is 5.92 Å². The molecule has 0 saturated heterocycles. The number of methoxy groups -OCH3 is 1. The number of nitrogens with two attached hydrogens (primary N) is 1. The van der Waals surface area contributed by atoms with Gasteiger partial charge in [-0.05, 0) is 12.3 Å². The molecule has 0 spiro atoms. The molecule has 0 aliphatic heterocycles. The van der Waals surface area contributed by atoms with Crippen LogP contribution >= 0.6 is 0 Å². The van der Waals surface area contributed by atoms with E-state index >= 15 is 0 Å². The summed E-state index contributed by atoms with van der Waals surface area (Å²) < 4.78 is 30.2. The number of hydrogen-bond donors (Lipinski definition) is 2. The van der Waals surface area contributed by atoms with E-state index in [1.54, 1.807) is 7.11 Å². The van der Waals surface area contributed by atoms with Gasteiger partial charge in [-0.1, -0.05) is 13.8 Å². The van der Waals surface area contributed by atoms with E-state index in [0.717, 1.165) is 0 Å². The molecular weight excluding hydrogens is 216 g/mol. The van der Waals surface area contributed by atoms with E-state index in [1.807, 2.05) is 13.8 Å². The quantitative estimate of drug-likeness (QED) is 0.620. The summed E-state index contributed by atoms with van der Waals surface area (Å²) >= 11 is 0. The zero-order valence-corrected chi connectivity index (χ0v) is 10.5. The minimum atomic E-state index is -3.14. The summed E-state index contributed by atoms with van der Waals surface area (Å²) in [7, 11) is -1.57. The van der Waals surface area contributed by atoms with E-state index in [0.29, 0.717) is 19.6 Å². The number of nitrogens with one attached hydrogen (secondary N) is 1. The van der Waals surface area contributed by atoms with E-state index in [-0.39, 0.29) is 17.7 Å². The molecule has 0 bridgehead atoms. The molecule has 3 N–H and O–H groups in total. The van der Waals surface area contributed by atoms with Crippen molar-refractivity contribution in [2.24, 2.45) is 11.7 Å². The Labute approximate surface area is 92.4 Å². The highest BCUT2D eigenvalue weighted by molar-refractivity contribution is 7.89. The molecule has 0 aromatic rings. The van der Waals surface area contributed by atoms with Gasteiger partial charge in [0.25, 0.3) is 0 Å². The van der Waals surface area contributed by atoms with Crippen molar-refractivity contribution in [3.8, 4) is 0 Å². The standard InChI is InChI=1S/C9H22N2O3S/c1-8(2)7-15(12,13)11-5-4-9(10)6-14-3/h8-9,11H,4-7,10H2,1-3H3. The molecule has 0 saturated carbocycles. The average Bonchev–Trinajstić information content (AvgIpc) is 2.01. The third-order valence-corrected chi connectivity index (χ3v) is 3.52. The first-order valence-electron chi connectivity index (χ1n) is 5.09. The first-order valence-corrected chi connectivity index (χ1v) is 6.74. The first-order chi connectivity index (χ1) is 6.87. The number of ether oxygens (including phenoxy) is 1. The Bertz CT molecular complexity index is 252. The van der Waals surface area contributed by atoms with Gasteiger partial charge in [0.05, 0.1) is 12.4 Å². The molecule has 0 heterocycles. The molecule has 5 nitrogen and oxygen atoms in total. The van der Waals surface area contributed by atoms with Gasteiger partial charge in [0.1, 0.15) is 0 Å². The molecule has 0 fully saturated rings. The molecule has 6 heteroatoms. The van der Waals surface area contributed by atoms with Gasteiger partial charge in [0.15, 0.2) is 0 Å². The summed E-state index contributed by atoms with van der Waals surface area (Å²) in [6, 6.07) is -0.114. The molecule has 15 heavy (non-hydrogen) atoms. The molecule has 92 valence electrons. The predicted molar refractivity (Wildman–Crippen MR) is 61.1 cm³/mol. The minimum absolute atomic E-state index is 0.114. The Kier molecular flexibility index (Phi) is 7.08. The highest BCUT2D eigenvalue weighted by atomic mass is 32.2. The van der Waals surface area contributed by atoms with Crippen molar-refractivity contribution in [3.05, 3.63) is 0 Å². The van der Waals surface area contributed by atoms with Gasteiger partial charge in [-0.3, -0.25) is 0 Å². The van der Waals surface area contributed by atoms with Crippen LogP contribution in [-0.4, -0.2) is 40.5 Å². The maximum Gasteiger partial charge on any atom is 0.211 e. The molecular formula is C9H22N2O3S. The summed E-state index contributed by atoms with van der Waals surface area (Å²) in [5.41, 5.74) is 5.65. The molecule has 0 radical (unpaired) electrons. The molecule has 0 aliphatic rings. The van der Waals surface area contributed by atoms with Crippen LogP contribution in [0.4, 0.5) is 0 Å². The fourth-order valence-corrected chi connectivity index (χ4v) is 2.62. The smallest absolute Gasteiger partial charge is 0.211 e. The zero-order valence-electron chi connectivity index (χ0n) is 9.69. The normalized spacial score (nSPS) is 14.5. The van der Waals surface area contributed by atoms with Crippen molar-refractivity contribution in [3.63, 3.8) is 0 Å². The van der Waals surface area contributed by atoms with E-state index in [1.165, 1.54) is 0 Å². The zero-order chi connectivity index (χ0) is 11.9. The average molecular weight is 238 g/mol. The lowest BCUT2D eigenvalue weighted by Crippen LogP contribution is -2.34. The Balaban J connectivity index is 3.75. The van der Waals surface area contributed by atoms with Crippen LogP contribution in [0.3, 0.4) is 0 Å². The second-order valence-electron chi connectivity index (χ2n) is 4.07. The van der Waals surface area contributed by atoms with Crippen molar-refractivity contribution >= 4 is 10.0 Å². The van der Waals surface area contributed by atoms with E-state index in [9.17, 15) is 8.42 Å². The van der Waals surface area contributed by atoms with Crippen LogP contribution < -0.4 is 10.5 Å². The topological polar surface area (TPSA) is 81.4 Å². The lowest BCUT2D eigenvalue weighted by molar-refractivity contribution is 0.177. The second-order valence-corrected chi connectivity index (χ2v) is 5.93. The monoisotopic (exact) mass is 238 g/mol. The second kappa shape index (κ2) is 7.16. The van der Waals surface area contributed by atoms with Crippen LogP contribution in [0.2, 0.25) is 0 Å². The number of rotatable bonds is 8. The van der Waals surface area contributed by atoms with Crippen LogP contribution in [-0.2, 0) is 14.8 Å². The maximum absolute atomic E-state index is 11.4. The van der Waals surface area contributed by atoms with E-state index in [2.05, 4.69) is 4.72 Å². The summed E-state index contributed by atoms with van der Waals surface area (Å²) in [6.07, 6.45) is 0.588. The van der Waals surface area contributed by atoms with Gasteiger partial charge in [0.2, 0.25) is 10.0 Å². The summed E-state index contributed by atoms with van der Waals surface area (Å²) in [4.78, 5) is 0. The molecule has 0 aromatic carbocycles. The van der Waals surface area contributed by atoms with Crippen LogP contribution in [0.5, 0.6) is 0 Å². The molecule has 0 aliphatic carbocycles. The Hall–Kier alpha value is -0.170. The maximum atomic E-state index is 11.4. The van der Waals surface area contributed by atoms with Crippen LogP contribution in [0.15, 0.2) is 0 Å². The molecule has 0 aromatic heterocycles. The fraction of sp³-hybridized carbons (Fsp3) is 1.00. The third kappa shape index (κ3) is 8.80. The van der Waals surface area contributed by atoms with E-state index < -0.39 is 10.0 Å². The molecule has 1 unspecified atom stereocenters. The molecule has 0 amide bonds. The van der Waals surface area contributed by atoms with Crippen molar-refractivity contribution in [2.45, 2.75) is 26.3 Å². The number of hydrogen-bond acceptors (Lipinski definition) is 4. The molecule has 0 rings (SSSR count). The van der Waals surface area contributed by atoms with Crippen molar-refractivity contribution in [2.75, 3.05) is 26.0 Å². The summed E-state index contributed by atoms with van der Waals surface area (Å²) in [5.74, 6) is 0.294. The largest absolute Gasteiger partial charge is 0.383 e. The summed E-state index contributed by atoms with van der Waals surface area (Å²) in [6.45, 7) is 4.57. The van der Waals surface area contributed by atoms with Crippen molar-refractivity contribution in [1.82, 2.24) is 4.72 Å². The van der Waals surface area contributed by atoms with E-state index in [4.69, 9.17) is 10.5 Å². The van der Waals surface area contributed by atoms with Crippen LogP contribution in [0.1, 0.15) is 20.3 Å². The lowest BCUT2D eigenvalue weighted by atomic mass is 10.2.